The average molecular weight is 649 g/mol. The van der Waals surface area contributed by atoms with Crippen molar-refractivity contribution in [2.24, 2.45) is 0 Å². The number of unbranched alkanes of at least 4 members (excludes halogenated alkanes) is 1. The first-order valence-corrected chi connectivity index (χ1v) is 14.4. The number of carbonyl (C=O) groups is 3. The maximum atomic E-state index is 12.4. The molecule has 2 amide bonds. The fourth-order valence-corrected chi connectivity index (χ4v) is 4.73. The summed E-state index contributed by atoms with van der Waals surface area (Å²) in [5.41, 5.74) is 3.63. The van der Waals surface area contributed by atoms with E-state index in [1.807, 2.05) is 13.8 Å². The van der Waals surface area contributed by atoms with Crippen molar-refractivity contribution >= 4 is 40.1 Å². The van der Waals surface area contributed by atoms with Crippen LogP contribution in [0.4, 0.5) is 24.1 Å². The van der Waals surface area contributed by atoms with Crippen LogP contribution in [-0.2, 0) is 40.1 Å². The van der Waals surface area contributed by atoms with Gasteiger partial charge < -0.3 is 20.5 Å². The van der Waals surface area contributed by atoms with Gasteiger partial charge in [-0.25, -0.2) is 0 Å². The molecule has 0 unspecified atom stereocenters. The predicted molar refractivity (Wildman–Crippen MR) is 158 cm³/mol. The number of hydrogen-bond donors (Lipinski definition) is 4. The van der Waals surface area contributed by atoms with Crippen LogP contribution in [0.1, 0.15) is 53.0 Å². The third-order valence-electron chi connectivity index (χ3n) is 5.89. The van der Waals surface area contributed by atoms with Gasteiger partial charge in [-0.2, -0.15) is 10.2 Å². The number of carboxylic acids is 1. The molecule has 0 saturated carbocycles. The van der Waals surface area contributed by atoms with Gasteiger partial charge in [0.15, 0.2) is 5.82 Å². The first kappa shape index (κ1) is 34.6. The number of carboxylic acid groups (broad SMARTS) is 1. The zero-order chi connectivity index (χ0) is 33.0. The first-order chi connectivity index (χ1) is 21.3. The van der Waals surface area contributed by atoms with Crippen LogP contribution >= 0.6 is 11.3 Å². The van der Waals surface area contributed by atoms with E-state index in [4.69, 9.17) is 9.90 Å². The second-order valence-corrected chi connectivity index (χ2v) is 10.8. The summed E-state index contributed by atoms with van der Waals surface area (Å²) in [4.78, 5) is 33.6. The number of benzene rings is 1. The lowest BCUT2D eigenvalue weighted by atomic mass is 10.1. The number of rotatable bonds is 12. The van der Waals surface area contributed by atoms with Gasteiger partial charge in [0, 0.05) is 24.6 Å². The second-order valence-electron chi connectivity index (χ2n) is 9.69. The summed E-state index contributed by atoms with van der Waals surface area (Å²) in [6.07, 6.45) is -1.74. The van der Waals surface area contributed by atoms with Gasteiger partial charge in [0.05, 0.1) is 24.2 Å². The second kappa shape index (κ2) is 16.2. The van der Waals surface area contributed by atoms with Crippen molar-refractivity contribution < 1.29 is 37.4 Å². The molecule has 0 bridgehead atoms. The molecule has 3 heterocycles. The molecule has 0 spiro atoms. The molecule has 240 valence electrons. The number of aryl methyl sites for hydroxylation is 4. The topological polar surface area (TPSA) is 185 Å². The molecule has 0 radical (unpaired) electrons. The normalized spacial score (nSPS) is 10.9. The lowest BCUT2D eigenvalue weighted by Gasteiger charge is -2.10. The Hall–Kier alpha value is -4.93. The molecule has 0 aliphatic rings. The van der Waals surface area contributed by atoms with Crippen molar-refractivity contribution in [2.75, 3.05) is 10.6 Å². The Morgan fingerprint density at radius 1 is 0.956 bits per heavy atom. The highest BCUT2D eigenvalue weighted by atomic mass is 32.1. The van der Waals surface area contributed by atoms with E-state index in [0.717, 1.165) is 59.6 Å². The number of amides is 2. The summed E-state index contributed by atoms with van der Waals surface area (Å²) >= 11 is 1.34. The number of nitrogens with zero attached hydrogens (tertiary/aromatic N) is 5. The van der Waals surface area contributed by atoms with Crippen molar-refractivity contribution in [3.63, 3.8) is 0 Å². The zero-order valence-electron chi connectivity index (χ0n) is 24.6. The number of aromatic amines is 1. The van der Waals surface area contributed by atoms with Crippen LogP contribution in [0, 0.1) is 13.8 Å². The smallest absolute Gasteiger partial charge is 0.481 e. The van der Waals surface area contributed by atoms with Crippen LogP contribution in [0.25, 0.3) is 0 Å². The molecular weight excluding hydrogens is 617 g/mol. The minimum Gasteiger partial charge on any atom is -0.481 e. The summed E-state index contributed by atoms with van der Waals surface area (Å²) < 4.78 is 41.1. The van der Waals surface area contributed by atoms with Gasteiger partial charge in [-0.05, 0) is 62.9 Å². The Morgan fingerprint density at radius 2 is 1.67 bits per heavy atom. The predicted octanol–water partition coefficient (Wildman–Crippen LogP) is 4.59. The number of carbonyl (C=O) groups excluding carboxylic acids is 2. The summed E-state index contributed by atoms with van der Waals surface area (Å²) in [7, 11) is 0. The number of halogens is 3. The fourth-order valence-electron chi connectivity index (χ4n) is 3.93. The molecule has 0 aliphatic carbocycles. The van der Waals surface area contributed by atoms with Crippen molar-refractivity contribution in [3.8, 4) is 5.75 Å². The van der Waals surface area contributed by atoms with Crippen LogP contribution in [0.5, 0.6) is 5.75 Å². The summed E-state index contributed by atoms with van der Waals surface area (Å²) in [5.74, 6) is -1.61. The van der Waals surface area contributed by atoms with Crippen molar-refractivity contribution in [3.05, 3.63) is 69.6 Å². The molecule has 0 fully saturated rings. The van der Waals surface area contributed by atoms with Crippen LogP contribution in [0.2, 0.25) is 0 Å². The van der Waals surface area contributed by atoms with Crippen molar-refractivity contribution in [1.29, 1.82) is 0 Å². The molecule has 4 aromatic rings. The highest BCUT2D eigenvalue weighted by Crippen LogP contribution is 2.24. The number of alkyl halides is 3. The van der Waals surface area contributed by atoms with Crippen LogP contribution in [0.3, 0.4) is 0 Å². The van der Waals surface area contributed by atoms with E-state index in [1.165, 1.54) is 23.5 Å². The van der Waals surface area contributed by atoms with Gasteiger partial charge in [0.1, 0.15) is 10.8 Å². The number of aliphatic carboxylic acids is 1. The van der Waals surface area contributed by atoms with Gasteiger partial charge in [-0.1, -0.05) is 23.5 Å². The SMILES string of the molecule is CC(=O)O.Cc1n[nH]c(C)c1CC(=O)Nc1nnc(CCCCc2ccc(NC(=O)Cc3cccc(OC(F)(F)F)c3)nn2)s1. The highest BCUT2D eigenvalue weighted by Gasteiger charge is 2.31. The Bertz CT molecular complexity index is 1570. The molecule has 4 N–H and O–H groups in total. The number of anilines is 2. The number of H-pyrrole nitrogens is 1. The zero-order valence-corrected chi connectivity index (χ0v) is 25.4. The minimum absolute atomic E-state index is 0.154. The van der Waals surface area contributed by atoms with Crippen LogP contribution in [0.15, 0.2) is 36.4 Å². The summed E-state index contributed by atoms with van der Waals surface area (Å²) in [6, 6.07) is 8.60. The van der Waals surface area contributed by atoms with Crippen LogP contribution in [-0.4, -0.2) is 59.8 Å². The molecule has 1 aromatic carbocycles. The lowest BCUT2D eigenvalue weighted by molar-refractivity contribution is -0.274. The van der Waals surface area contributed by atoms with Gasteiger partial charge >= 0.3 is 6.36 Å². The number of ether oxygens (including phenoxy) is 1. The Labute approximate surface area is 259 Å². The average Bonchev–Trinajstić information content (AvgIpc) is 3.52. The van der Waals surface area contributed by atoms with Gasteiger partial charge in [0.2, 0.25) is 16.9 Å². The molecule has 0 saturated heterocycles. The Morgan fingerprint density at radius 3 is 2.31 bits per heavy atom. The summed E-state index contributed by atoms with van der Waals surface area (Å²) in [6.45, 7) is 4.80. The molecule has 17 heteroatoms. The third-order valence-corrected chi connectivity index (χ3v) is 6.79. The molecule has 3 aromatic heterocycles. The molecule has 45 heavy (non-hydrogen) atoms. The molecular formula is C28H31F3N8O5S. The van der Waals surface area contributed by atoms with E-state index < -0.39 is 24.0 Å². The van der Waals surface area contributed by atoms with E-state index in [-0.39, 0.29) is 24.6 Å². The van der Waals surface area contributed by atoms with Crippen molar-refractivity contribution in [2.45, 2.75) is 65.7 Å². The molecule has 0 aliphatic heterocycles. The summed E-state index contributed by atoms with van der Waals surface area (Å²) in [5, 5.41) is 37.3. The van der Waals surface area contributed by atoms with E-state index in [9.17, 15) is 22.8 Å². The van der Waals surface area contributed by atoms with E-state index in [2.05, 4.69) is 46.0 Å². The van der Waals surface area contributed by atoms with Gasteiger partial charge in [0.25, 0.3) is 5.97 Å². The number of aromatic nitrogens is 6. The number of nitrogens with one attached hydrogen (secondary N) is 3. The number of hydrogen-bond acceptors (Lipinski definition) is 10. The Balaban J connectivity index is 0.00000130. The molecule has 0 atom stereocenters. The van der Waals surface area contributed by atoms with Crippen LogP contribution < -0.4 is 15.4 Å². The van der Waals surface area contributed by atoms with E-state index in [1.54, 1.807) is 12.1 Å². The van der Waals surface area contributed by atoms with E-state index in [0.29, 0.717) is 23.5 Å². The maximum absolute atomic E-state index is 12.4. The standard InChI is InChI=1S/C26H27F3N8O3S.C2H4O2/c1-15-20(16(2)33-32-15)14-23(39)31-25-37-36-24(41-25)9-4-3-7-18-10-11-21(35-34-18)30-22(38)13-17-6-5-8-19(12-17)40-26(27,28)29;1-2(3)4/h5-6,8,10-12H,3-4,7,9,13-14H2,1-2H3,(H,32,33)(H,30,35,38)(H,31,37,39);1H3,(H,3,4). The maximum Gasteiger partial charge on any atom is 0.573 e. The Kier molecular flexibility index (Phi) is 12.5. The third kappa shape index (κ3) is 12.7. The highest BCUT2D eigenvalue weighted by molar-refractivity contribution is 7.15. The molecule has 4 rings (SSSR count). The van der Waals surface area contributed by atoms with Gasteiger partial charge in [-0.15, -0.1) is 28.5 Å². The lowest BCUT2D eigenvalue weighted by Crippen LogP contribution is -2.18. The van der Waals surface area contributed by atoms with E-state index >= 15 is 0 Å². The largest absolute Gasteiger partial charge is 0.573 e. The fraction of sp³-hybridized carbons (Fsp3) is 0.357. The van der Waals surface area contributed by atoms with Gasteiger partial charge in [-0.3, -0.25) is 19.5 Å². The monoisotopic (exact) mass is 648 g/mol. The molecule has 13 nitrogen and oxygen atoms in total. The minimum atomic E-state index is -4.81. The van der Waals surface area contributed by atoms with Crippen molar-refractivity contribution in [1.82, 2.24) is 30.6 Å². The first-order valence-electron chi connectivity index (χ1n) is 13.6. The quantitative estimate of drug-likeness (QED) is 0.159.